The third kappa shape index (κ3) is 5.43. The van der Waals surface area contributed by atoms with Crippen LogP contribution in [0.4, 0.5) is 29.1 Å². The summed E-state index contributed by atoms with van der Waals surface area (Å²) in [6, 6.07) is 3.74. The number of methoxy groups -OCH3 is 1. The topological polar surface area (TPSA) is 141 Å². The molecule has 38 heavy (non-hydrogen) atoms. The van der Waals surface area contributed by atoms with Gasteiger partial charge >= 0.3 is 6.18 Å². The Hall–Kier alpha value is -4.49. The summed E-state index contributed by atoms with van der Waals surface area (Å²) in [5.41, 5.74) is 2.32. The first kappa shape index (κ1) is 26.6. The van der Waals surface area contributed by atoms with Gasteiger partial charge in [-0.3, -0.25) is 9.59 Å². The second kappa shape index (κ2) is 10.5. The van der Waals surface area contributed by atoms with Crippen molar-refractivity contribution in [1.29, 1.82) is 0 Å². The normalized spacial score (nSPS) is 12.5. The smallest absolute Gasteiger partial charge is 0.423 e. The predicted octanol–water partition coefficient (Wildman–Crippen LogP) is 3.57. The molecule has 4 aromatic rings. The summed E-state index contributed by atoms with van der Waals surface area (Å²) in [5.74, 6) is -0.377. The van der Waals surface area contributed by atoms with Crippen molar-refractivity contribution in [1.82, 2.24) is 24.7 Å². The van der Waals surface area contributed by atoms with Crippen LogP contribution in [0.2, 0.25) is 0 Å². The zero-order valence-electron chi connectivity index (χ0n) is 20.3. The number of rotatable bonds is 8. The van der Waals surface area contributed by atoms with Gasteiger partial charge in [0.05, 0.1) is 36.1 Å². The molecule has 0 bridgehead atoms. The molecule has 0 amide bonds. The second-order valence-corrected chi connectivity index (χ2v) is 8.55. The lowest BCUT2D eigenvalue weighted by atomic mass is 10.1. The number of H-pyrrole nitrogens is 1. The number of ether oxygens (including phenoxy) is 1. The number of halogens is 4. The molecule has 0 radical (unpaired) electrons. The van der Waals surface area contributed by atoms with Gasteiger partial charge in [-0.15, -0.1) is 0 Å². The maximum Gasteiger partial charge on any atom is 0.423 e. The van der Waals surface area contributed by atoms with E-state index in [2.05, 4.69) is 20.4 Å². The molecule has 0 spiro atoms. The number of hydrogen-bond acceptors (Lipinski definition) is 8. The van der Waals surface area contributed by atoms with E-state index in [0.717, 1.165) is 12.3 Å². The van der Waals surface area contributed by atoms with Crippen molar-refractivity contribution in [2.75, 3.05) is 18.2 Å². The number of hydrogen-bond donors (Lipinski definition) is 3. The van der Waals surface area contributed by atoms with E-state index >= 15 is 0 Å². The first-order valence-electron chi connectivity index (χ1n) is 11.4. The van der Waals surface area contributed by atoms with E-state index in [1.807, 2.05) is 0 Å². The number of nitrogens with one attached hydrogen (secondary N) is 2. The number of nitrogen functional groups attached to an aromatic ring is 1. The summed E-state index contributed by atoms with van der Waals surface area (Å²) in [7, 11) is 1.40. The van der Waals surface area contributed by atoms with Gasteiger partial charge in [-0.05, 0) is 43.4 Å². The molecule has 0 aliphatic rings. The zero-order valence-corrected chi connectivity index (χ0v) is 20.3. The van der Waals surface area contributed by atoms with Crippen molar-refractivity contribution < 1.29 is 22.3 Å². The average Bonchev–Trinajstić information content (AvgIpc) is 2.84. The predicted molar refractivity (Wildman–Crippen MR) is 132 cm³/mol. The van der Waals surface area contributed by atoms with Gasteiger partial charge in [0.15, 0.2) is 17.4 Å². The van der Waals surface area contributed by atoms with Gasteiger partial charge in [0.25, 0.3) is 11.1 Å². The van der Waals surface area contributed by atoms with Crippen molar-refractivity contribution in [3.8, 4) is 17.1 Å². The summed E-state index contributed by atoms with van der Waals surface area (Å²) in [5, 5.41) is 8.48. The molecule has 0 saturated heterocycles. The molecule has 4 rings (SSSR count). The molecule has 0 saturated carbocycles. The molecule has 14 heteroatoms. The monoisotopic (exact) mass is 533 g/mol. The average molecular weight is 533 g/mol. The van der Waals surface area contributed by atoms with Gasteiger partial charge in [0, 0.05) is 18.8 Å². The maximum atomic E-state index is 14.9. The number of anilines is 2. The third-order valence-corrected chi connectivity index (χ3v) is 5.89. The summed E-state index contributed by atoms with van der Waals surface area (Å²) < 4.78 is 61.0. The number of pyridine rings is 1. The molecule has 4 N–H and O–H groups in total. The Bertz CT molecular complexity index is 1600. The van der Waals surface area contributed by atoms with Crippen molar-refractivity contribution >= 4 is 22.3 Å². The van der Waals surface area contributed by atoms with Crippen LogP contribution in [0.25, 0.3) is 22.2 Å². The lowest BCUT2D eigenvalue weighted by Crippen LogP contribution is -2.27. The summed E-state index contributed by atoms with van der Waals surface area (Å²) in [6.07, 6.45) is -0.280. The lowest BCUT2D eigenvalue weighted by Gasteiger charge is -2.18. The van der Waals surface area contributed by atoms with Crippen molar-refractivity contribution in [3.63, 3.8) is 0 Å². The molecule has 1 aromatic carbocycles. The minimum absolute atomic E-state index is 0.0395. The molecule has 1 atom stereocenters. The highest BCUT2D eigenvalue weighted by atomic mass is 19.4. The number of aromatic nitrogens is 5. The Morgan fingerprint density at radius 3 is 2.68 bits per heavy atom. The van der Waals surface area contributed by atoms with Crippen LogP contribution in [0.5, 0.6) is 5.75 Å². The Labute approximate surface area is 212 Å². The Morgan fingerprint density at radius 1 is 1.24 bits per heavy atom. The highest BCUT2D eigenvalue weighted by Crippen LogP contribution is 2.32. The Kier molecular flexibility index (Phi) is 7.32. The second-order valence-electron chi connectivity index (χ2n) is 8.55. The standard InChI is InChI=1S/C24H23F4N7O3/c1-12(32-17-10-31-34-22(36)19(17)24(26,27)28)4-3-6-35-7-5-13-8-15(16(25)9-14(13)23(35)37)21-30-11-18(38-2)20(29)33-21/h5,7-12H,3-4,6H2,1-2H3,(H2,29,30,33)(H2,32,34,36). The summed E-state index contributed by atoms with van der Waals surface area (Å²) in [4.78, 5) is 32.7. The summed E-state index contributed by atoms with van der Waals surface area (Å²) in [6.45, 7) is 1.89. The van der Waals surface area contributed by atoms with Crippen molar-refractivity contribution in [2.24, 2.45) is 0 Å². The molecule has 1 unspecified atom stereocenters. The van der Waals surface area contributed by atoms with E-state index < -0.39 is 40.4 Å². The molecule has 3 heterocycles. The number of aryl methyl sites for hydroxylation is 1. The van der Waals surface area contributed by atoms with E-state index in [1.165, 1.54) is 23.9 Å². The Balaban J connectivity index is 1.48. The van der Waals surface area contributed by atoms with Crippen LogP contribution in [-0.2, 0) is 12.7 Å². The molecule has 200 valence electrons. The Morgan fingerprint density at radius 2 is 2.00 bits per heavy atom. The number of benzene rings is 1. The molecule has 10 nitrogen and oxygen atoms in total. The largest absolute Gasteiger partial charge is 0.491 e. The molecule has 0 aliphatic carbocycles. The molecular weight excluding hydrogens is 510 g/mol. The van der Waals surface area contributed by atoms with E-state index in [0.29, 0.717) is 18.2 Å². The fraction of sp³-hybridized carbons (Fsp3) is 0.292. The highest BCUT2D eigenvalue weighted by Gasteiger charge is 2.37. The minimum Gasteiger partial charge on any atom is -0.491 e. The van der Waals surface area contributed by atoms with Crippen molar-refractivity contribution in [3.05, 3.63) is 68.9 Å². The number of nitrogens with two attached hydrogens (primary N) is 1. The van der Waals surface area contributed by atoms with Gasteiger partial charge in [0.2, 0.25) is 0 Å². The van der Waals surface area contributed by atoms with Gasteiger partial charge in [-0.25, -0.2) is 19.5 Å². The minimum atomic E-state index is -4.85. The van der Waals surface area contributed by atoms with Gasteiger partial charge < -0.3 is 20.4 Å². The third-order valence-electron chi connectivity index (χ3n) is 5.89. The first-order valence-corrected chi connectivity index (χ1v) is 11.4. The zero-order chi connectivity index (χ0) is 27.6. The van der Waals surface area contributed by atoms with Gasteiger partial charge in [-0.2, -0.15) is 18.3 Å². The maximum absolute atomic E-state index is 14.9. The molecule has 0 fully saturated rings. The molecule has 3 aromatic heterocycles. The van der Waals surface area contributed by atoms with Crippen LogP contribution >= 0.6 is 0 Å². The number of nitrogens with zero attached hydrogens (tertiary/aromatic N) is 4. The van der Waals surface area contributed by atoms with Crippen LogP contribution in [0, 0.1) is 5.82 Å². The van der Waals surface area contributed by atoms with E-state index in [-0.39, 0.29) is 34.9 Å². The van der Waals surface area contributed by atoms with Crippen LogP contribution in [0.1, 0.15) is 25.3 Å². The molecule has 0 aliphatic heterocycles. The van der Waals surface area contributed by atoms with E-state index in [4.69, 9.17) is 10.5 Å². The quantitative estimate of drug-likeness (QED) is 0.292. The van der Waals surface area contributed by atoms with Crippen LogP contribution < -0.4 is 26.9 Å². The first-order chi connectivity index (χ1) is 18.0. The van der Waals surface area contributed by atoms with Gasteiger partial charge in [-0.1, -0.05) is 0 Å². The van der Waals surface area contributed by atoms with Crippen molar-refractivity contribution in [2.45, 2.75) is 38.5 Å². The number of alkyl halides is 3. The van der Waals surface area contributed by atoms with E-state index in [9.17, 15) is 27.2 Å². The fourth-order valence-electron chi connectivity index (χ4n) is 4.02. The van der Waals surface area contributed by atoms with Gasteiger partial charge in [0.1, 0.15) is 11.4 Å². The fourth-order valence-corrected chi connectivity index (χ4v) is 4.02. The van der Waals surface area contributed by atoms with Crippen LogP contribution in [0.15, 0.2) is 46.4 Å². The molecular formula is C24H23F4N7O3. The number of aromatic amines is 1. The lowest BCUT2D eigenvalue weighted by molar-refractivity contribution is -0.138. The highest BCUT2D eigenvalue weighted by molar-refractivity contribution is 5.86. The summed E-state index contributed by atoms with van der Waals surface area (Å²) >= 11 is 0. The van der Waals surface area contributed by atoms with Crippen LogP contribution in [-0.4, -0.2) is 37.9 Å². The SMILES string of the molecule is COc1cnc(-c2cc3ccn(CCCC(C)Nc4cn[nH]c(=O)c4C(F)(F)F)c(=O)c3cc2F)nc1N. The van der Waals surface area contributed by atoms with E-state index in [1.54, 1.807) is 24.3 Å². The van der Waals surface area contributed by atoms with Crippen LogP contribution in [0.3, 0.4) is 0 Å². The number of fused-ring (bicyclic) bond motifs is 1.